The van der Waals surface area contributed by atoms with Gasteiger partial charge in [-0.2, -0.15) is 0 Å². The van der Waals surface area contributed by atoms with Crippen molar-refractivity contribution in [1.29, 1.82) is 0 Å². The molecule has 2 aromatic rings. The Hall–Kier alpha value is -1.57. The minimum absolute atomic E-state index is 0.944. The minimum atomic E-state index is 0.944. The highest BCUT2D eigenvalue weighted by molar-refractivity contribution is 5.91. The van der Waals surface area contributed by atoms with Gasteiger partial charge in [0, 0.05) is 23.3 Å². The molecule has 0 amide bonds. The number of benzene rings is 1. The molecule has 0 bridgehead atoms. The number of aryl methyl sites for hydroxylation is 1. The van der Waals surface area contributed by atoms with Gasteiger partial charge in [-0.1, -0.05) is 31.5 Å². The van der Waals surface area contributed by atoms with Crippen molar-refractivity contribution in [1.82, 2.24) is 4.98 Å². The molecule has 1 aromatic carbocycles. The van der Waals surface area contributed by atoms with Crippen LogP contribution >= 0.6 is 0 Å². The lowest BCUT2D eigenvalue weighted by Gasteiger charge is -2.10. The number of nitrogens with one attached hydrogen (secondary N) is 1. The van der Waals surface area contributed by atoms with Crippen molar-refractivity contribution in [2.45, 2.75) is 26.7 Å². The van der Waals surface area contributed by atoms with Crippen LogP contribution in [0, 0.1) is 0 Å². The van der Waals surface area contributed by atoms with E-state index in [0.29, 0.717) is 0 Å². The highest BCUT2D eigenvalue weighted by atomic mass is 14.9. The van der Waals surface area contributed by atoms with Crippen LogP contribution in [-0.2, 0) is 6.42 Å². The molecule has 0 aliphatic rings. The van der Waals surface area contributed by atoms with Crippen LogP contribution in [0.15, 0.2) is 30.3 Å². The number of aromatic nitrogens is 1. The predicted molar refractivity (Wildman–Crippen MR) is 69.9 cm³/mol. The van der Waals surface area contributed by atoms with Gasteiger partial charge >= 0.3 is 0 Å². The summed E-state index contributed by atoms with van der Waals surface area (Å²) >= 11 is 0. The lowest BCUT2D eigenvalue weighted by atomic mass is 10.1. The van der Waals surface area contributed by atoms with Gasteiger partial charge in [0.25, 0.3) is 0 Å². The van der Waals surface area contributed by atoms with E-state index in [4.69, 9.17) is 0 Å². The van der Waals surface area contributed by atoms with Gasteiger partial charge in [-0.3, -0.25) is 4.98 Å². The van der Waals surface area contributed by atoms with E-state index in [-0.39, 0.29) is 0 Å². The molecule has 2 heteroatoms. The van der Waals surface area contributed by atoms with E-state index in [1.807, 2.05) is 6.07 Å². The molecular weight excluding hydrogens is 196 g/mol. The van der Waals surface area contributed by atoms with Gasteiger partial charge in [0.2, 0.25) is 0 Å². The van der Waals surface area contributed by atoms with E-state index in [1.54, 1.807) is 0 Å². The van der Waals surface area contributed by atoms with Crippen molar-refractivity contribution in [3.63, 3.8) is 0 Å². The third-order valence-electron chi connectivity index (χ3n) is 2.64. The zero-order chi connectivity index (χ0) is 11.4. The molecule has 0 fully saturated rings. The Bertz CT molecular complexity index is 477. The fraction of sp³-hybridized carbons (Fsp3) is 0.357. The topological polar surface area (TPSA) is 24.9 Å². The lowest BCUT2D eigenvalue weighted by molar-refractivity contribution is 0.890. The summed E-state index contributed by atoms with van der Waals surface area (Å²) < 4.78 is 0. The van der Waals surface area contributed by atoms with Crippen LogP contribution in [0.5, 0.6) is 0 Å². The summed E-state index contributed by atoms with van der Waals surface area (Å²) in [5.74, 6) is 0. The number of para-hydroxylation sites is 1. The molecule has 1 heterocycles. The third kappa shape index (κ3) is 2.16. The van der Waals surface area contributed by atoms with Gasteiger partial charge in [-0.15, -0.1) is 0 Å². The maximum absolute atomic E-state index is 4.67. The van der Waals surface area contributed by atoms with Gasteiger partial charge in [0.1, 0.15) is 0 Å². The Kier molecular flexibility index (Phi) is 3.40. The molecule has 1 aromatic heterocycles. The maximum atomic E-state index is 4.67. The summed E-state index contributed by atoms with van der Waals surface area (Å²) in [6, 6.07) is 10.5. The average molecular weight is 214 g/mol. The van der Waals surface area contributed by atoms with E-state index in [2.05, 4.69) is 48.4 Å². The van der Waals surface area contributed by atoms with Gasteiger partial charge in [-0.25, -0.2) is 0 Å². The van der Waals surface area contributed by atoms with Crippen LogP contribution in [0.3, 0.4) is 0 Å². The van der Waals surface area contributed by atoms with E-state index < -0.39 is 0 Å². The zero-order valence-corrected chi connectivity index (χ0v) is 9.96. The van der Waals surface area contributed by atoms with Crippen LogP contribution in [0.2, 0.25) is 0 Å². The first-order chi connectivity index (χ1) is 7.85. The number of anilines is 1. The van der Waals surface area contributed by atoms with Crippen LogP contribution in [0.4, 0.5) is 5.69 Å². The molecule has 2 rings (SSSR count). The monoisotopic (exact) mass is 214 g/mol. The molecule has 0 spiro atoms. The van der Waals surface area contributed by atoms with Crippen molar-refractivity contribution >= 4 is 16.6 Å². The highest BCUT2D eigenvalue weighted by Crippen LogP contribution is 2.23. The maximum Gasteiger partial charge on any atom is 0.0726 e. The molecule has 2 nitrogen and oxygen atoms in total. The molecule has 0 saturated carbocycles. The first-order valence-electron chi connectivity index (χ1n) is 5.97. The SMILES string of the molecule is CCCc1cc(NCC)c2ccccc2n1. The number of fused-ring (bicyclic) bond motifs is 1. The molecule has 84 valence electrons. The number of nitrogens with zero attached hydrogens (tertiary/aromatic N) is 1. The second-order valence-electron chi connectivity index (χ2n) is 3.96. The fourth-order valence-corrected chi connectivity index (χ4v) is 1.95. The van der Waals surface area contributed by atoms with Crippen LogP contribution in [0.1, 0.15) is 26.0 Å². The number of hydrogen-bond acceptors (Lipinski definition) is 2. The molecule has 1 N–H and O–H groups in total. The van der Waals surface area contributed by atoms with E-state index in [1.165, 1.54) is 16.8 Å². The van der Waals surface area contributed by atoms with E-state index >= 15 is 0 Å². The van der Waals surface area contributed by atoms with E-state index in [0.717, 1.165) is 24.9 Å². The van der Waals surface area contributed by atoms with Gasteiger partial charge < -0.3 is 5.32 Å². The molecule has 0 saturated heterocycles. The molecule has 0 aliphatic heterocycles. The summed E-state index contributed by atoms with van der Waals surface area (Å²) in [7, 11) is 0. The average Bonchev–Trinajstić information content (AvgIpc) is 2.30. The van der Waals surface area contributed by atoms with Gasteiger partial charge in [0.15, 0.2) is 0 Å². The molecule has 0 unspecified atom stereocenters. The Balaban J connectivity index is 2.54. The summed E-state index contributed by atoms with van der Waals surface area (Å²) in [5.41, 5.74) is 3.47. The van der Waals surface area contributed by atoms with Crippen molar-refractivity contribution in [2.75, 3.05) is 11.9 Å². The summed E-state index contributed by atoms with van der Waals surface area (Å²) in [6.07, 6.45) is 2.18. The van der Waals surface area contributed by atoms with Crippen molar-refractivity contribution in [3.8, 4) is 0 Å². The number of rotatable bonds is 4. The van der Waals surface area contributed by atoms with Crippen molar-refractivity contribution < 1.29 is 0 Å². The molecule has 0 aliphatic carbocycles. The number of pyridine rings is 1. The Morgan fingerprint density at radius 2 is 2.00 bits per heavy atom. The first kappa shape index (κ1) is 10.9. The van der Waals surface area contributed by atoms with Crippen LogP contribution in [0.25, 0.3) is 10.9 Å². The highest BCUT2D eigenvalue weighted by Gasteiger charge is 2.03. The smallest absolute Gasteiger partial charge is 0.0726 e. The summed E-state index contributed by atoms with van der Waals surface area (Å²) in [5, 5.41) is 4.62. The van der Waals surface area contributed by atoms with E-state index in [9.17, 15) is 0 Å². The van der Waals surface area contributed by atoms with Gasteiger partial charge in [0.05, 0.1) is 5.52 Å². The number of hydrogen-bond donors (Lipinski definition) is 1. The molecule has 0 atom stereocenters. The Morgan fingerprint density at radius 1 is 1.19 bits per heavy atom. The normalized spacial score (nSPS) is 10.6. The Labute approximate surface area is 96.7 Å². The van der Waals surface area contributed by atoms with Gasteiger partial charge in [-0.05, 0) is 25.5 Å². The minimum Gasteiger partial charge on any atom is -0.385 e. The largest absolute Gasteiger partial charge is 0.385 e. The molecule has 0 radical (unpaired) electrons. The summed E-state index contributed by atoms with van der Waals surface area (Å²) in [6.45, 7) is 5.25. The quantitative estimate of drug-likeness (QED) is 0.840. The zero-order valence-electron chi connectivity index (χ0n) is 9.96. The predicted octanol–water partition coefficient (Wildman–Crippen LogP) is 3.62. The van der Waals surface area contributed by atoms with Crippen molar-refractivity contribution in [2.24, 2.45) is 0 Å². The third-order valence-corrected chi connectivity index (χ3v) is 2.64. The van der Waals surface area contributed by atoms with Crippen LogP contribution < -0.4 is 5.32 Å². The van der Waals surface area contributed by atoms with Crippen LogP contribution in [-0.4, -0.2) is 11.5 Å². The first-order valence-corrected chi connectivity index (χ1v) is 5.97. The lowest BCUT2D eigenvalue weighted by Crippen LogP contribution is -2.00. The Morgan fingerprint density at radius 3 is 2.75 bits per heavy atom. The van der Waals surface area contributed by atoms with Crippen molar-refractivity contribution in [3.05, 3.63) is 36.0 Å². The molecular formula is C14H18N2. The summed E-state index contributed by atoms with van der Waals surface area (Å²) in [4.78, 5) is 4.67. The fourth-order valence-electron chi connectivity index (χ4n) is 1.95. The second-order valence-corrected chi connectivity index (χ2v) is 3.96. The second kappa shape index (κ2) is 4.97. The molecule has 16 heavy (non-hydrogen) atoms. The standard InChI is InChI=1S/C14H18N2/c1-3-7-11-10-14(15-4-2)12-8-5-6-9-13(12)16-11/h5-6,8-10H,3-4,7H2,1-2H3,(H,15,16).